The Balaban J connectivity index is 1.92. The number of rotatable bonds is 7. The van der Waals surface area contributed by atoms with Crippen molar-refractivity contribution in [3.63, 3.8) is 0 Å². The largest absolute Gasteiger partial charge is 0.450 e. The summed E-state index contributed by atoms with van der Waals surface area (Å²) >= 11 is 0. The Morgan fingerprint density at radius 3 is 2.71 bits per heavy atom. The van der Waals surface area contributed by atoms with Gasteiger partial charge in [-0.15, -0.1) is 0 Å². The number of anilines is 2. The van der Waals surface area contributed by atoms with E-state index in [0.29, 0.717) is 38.7 Å². The molecule has 0 bridgehead atoms. The summed E-state index contributed by atoms with van der Waals surface area (Å²) in [6.07, 6.45) is 0.676. The Morgan fingerprint density at radius 1 is 1.29 bits per heavy atom. The van der Waals surface area contributed by atoms with Crippen LogP contribution < -0.4 is 10.2 Å². The lowest BCUT2D eigenvalue weighted by atomic mass is 10.3. The Hall–Kier alpha value is -2.09. The first kappa shape index (κ1) is 18.3. The Kier molecular flexibility index (Phi) is 7.05. The zero-order valence-corrected chi connectivity index (χ0v) is 14.7. The van der Waals surface area contributed by atoms with E-state index in [4.69, 9.17) is 9.47 Å². The van der Waals surface area contributed by atoms with E-state index in [1.165, 1.54) is 0 Å². The highest BCUT2D eigenvalue weighted by Gasteiger charge is 2.23. The highest BCUT2D eigenvalue weighted by Crippen LogP contribution is 2.16. The average Bonchev–Trinajstić information content (AvgIpc) is 2.59. The molecule has 0 atom stereocenters. The maximum Gasteiger partial charge on any atom is 0.409 e. The molecule has 0 aromatic carbocycles. The molecule has 0 aliphatic carbocycles. The minimum absolute atomic E-state index is 0.247. The molecular formula is C16H27N5O3. The molecule has 8 nitrogen and oxygen atoms in total. The lowest BCUT2D eigenvalue weighted by molar-refractivity contribution is 0.105. The summed E-state index contributed by atoms with van der Waals surface area (Å²) in [5, 5.41) is 3.30. The van der Waals surface area contributed by atoms with Gasteiger partial charge in [-0.3, -0.25) is 0 Å². The van der Waals surface area contributed by atoms with Gasteiger partial charge in [0.25, 0.3) is 0 Å². The summed E-state index contributed by atoms with van der Waals surface area (Å²) in [5.74, 6) is 1.52. The molecule has 1 aliphatic heterocycles. The van der Waals surface area contributed by atoms with Crippen LogP contribution in [-0.2, 0) is 9.47 Å². The summed E-state index contributed by atoms with van der Waals surface area (Å²) in [6, 6.07) is 1.94. The second-order valence-electron chi connectivity index (χ2n) is 5.64. The molecule has 1 aromatic heterocycles. The van der Waals surface area contributed by atoms with E-state index in [2.05, 4.69) is 20.2 Å². The van der Waals surface area contributed by atoms with Crippen LogP contribution in [0.1, 0.15) is 19.0 Å². The standard InChI is InChI=1S/C16H27N5O3/c1-4-24-16(22)21-9-7-20(8-10-21)15-18-13(2)12-14(19-15)17-6-5-11-23-3/h12H,4-11H2,1-3H3,(H,17,18,19). The van der Waals surface area contributed by atoms with E-state index in [-0.39, 0.29) is 6.09 Å². The van der Waals surface area contributed by atoms with Gasteiger partial charge in [-0.1, -0.05) is 0 Å². The second kappa shape index (κ2) is 9.27. The molecule has 1 amide bonds. The van der Waals surface area contributed by atoms with Crippen molar-refractivity contribution < 1.29 is 14.3 Å². The quantitative estimate of drug-likeness (QED) is 0.756. The SMILES string of the molecule is CCOC(=O)N1CCN(c2nc(C)cc(NCCCOC)n2)CC1. The fourth-order valence-corrected chi connectivity index (χ4v) is 2.52. The van der Waals surface area contributed by atoms with Gasteiger partial charge in [0.05, 0.1) is 6.61 Å². The van der Waals surface area contributed by atoms with Crippen molar-refractivity contribution >= 4 is 17.9 Å². The molecule has 1 fully saturated rings. The third-order valence-electron chi connectivity index (χ3n) is 3.76. The molecule has 0 radical (unpaired) electrons. The van der Waals surface area contributed by atoms with Crippen LogP contribution in [0.15, 0.2) is 6.07 Å². The number of nitrogens with zero attached hydrogens (tertiary/aromatic N) is 4. The normalized spacial score (nSPS) is 14.6. The number of carbonyl (C=O) groups is 1. The van der Waals surface area contributed by atoms with Gasteiger partial charge in [0, 0.05) is 58.2 Å². The van der Waals surface area contributed by atoms with Crippen molar-refractivity contribution in [3.05, 3.63) is 11.8 Å². The lowest BCUT2D eigenvalue weighted by Crippen LogP contribution is -2.49. The van der Waals surface area contributed by atoms with E-state index >= 15 is 0 Å². The summed E-state index contributed by atoms with van der Waals surface area (Å²) in [5.41, 5.74) is 0.919. The summed E-state index contributed by atoms with van der Waals surface area (Å²) in [6.45, 7) is 8.34. The first-order valence-corrected chi connectivity index (χ1v) is 8.39. The Labute approximate surface area is 143 Å². The molecule has 0 saturated carbocycles. The summed E-state index contributed by atoms with van der Waals surface area (Å²) < 4.78 is 10.1. The number of aryl methyl sites for hydroxylation is 1. The average molecular weight is 337 g/mol. The van der Waals surface area contributed by atoms with Crippen molar-refractivity contribution in [1.82, 2.24) is 14.9 Å². The number of ether oxygens (including phenoxy) is 2. The van der Waals surface area contributed by atoms with E-state index in [9.17, 15) is 4.79 Å². The minimum atomic E-state index is -0.247. The van der Waals surface area contributed by atoms with Gasteiger partial charge in [0.1, 0.15) is 5.82 Å². The van der Waals surface area contributed by atoms with Crippen molar-refractivity contribution in [2.75, 3.05) is 63.3 Å². The number of hydrogen-bond acceptors (Lipinski definition) is 7. The predicted molar refractivity (Wildman–Crippen MR) is 92.6 cm³/mol. The molecule has 8 heteroatoms. The van der Waals surface area contributed by atoms with Gasteiger partial charge in [-0.25, -0.2) is 9.78 Å². The zero-order valence-electron chi connectivity index (χ0n) is 14.7. The second-order valence-corrected chi connectivity index (χ2v) is 5.64. The smallest absolute Gasteiger partial charge is 0.409 e. The first-order valence-electron chi connectivity index (χ1n) is 8.39. The van der Waals surface area contributed by atoms with Gasteiger partial charge in [0.2, 0.25) is 5.95 Å². The lowest BCUT2D eigenvalue weighted by Gasteiger charge is -2.34. The van der Waals surface area contributed by atoms with E-state index in [1.54, 1.807) is 12.0 Å². The molecule has 2 rings (SSSR count). The molecule has 1 N–H and O–H groups in total. The topological polar surface area (TPSA) is 79.8 Å². The number of amides is 1. The van der Waals surface area contributed by atoms with Crippen LogP contribution in [0.3, 0.4) is 0 Å². The minimum Gasteiger partial charge on any atom is -0.450 e. The number of methoxy groups -OCH3 is 1. The number of hydrogen-bond donors (Lipinski definition) is 1. The molecule has 1 saturated heterocycles. The molecular weight excluding hydrogens is 310 g/mol. The number of carbonyl (C=O) groups excluding carboxylic acids is 1. The molecule has 0 unspecified atom stereocenters. The van der Waals surface area contributed by atoms with E-state index in [0.717, 1.165) is 31.1 Å². The van der Waals surface area contributed by atoms with Crippen molar-refractivity contribution in [2.45, 2.75) is 20.3 Å². The van der Waals surface area contributed by atoms with E-state index in [1.807, 2.05) is 19.9 Å². The fourth-order valence-electron chi connectivity index (χ4n) is 2.52. The van der Waals surface area contributed by atoms with Gasteiger partial charge in [-0.2, -0.15) is 4.98 Å². The van der Waals surface area contributed by atoms with Gasteiger partial charge < -0.3 is 24.6 Å². The highest BCUT2D eigenvalue weighted by atomic mass is 16.6. The van der Waals surface area contributed by atoms with Crippen LogP contribution in [0.5, 0.6) is 0 Å². The third-order valence-corrected chi connectivity index (χ3v) is 3.76. The maximum absolute atomic E-state index is 11.8. The van der Waals surface area contributed by atoms with Gasteiger partial charge in [-0.05, 0) is 20.3 Å². The Morgan fingerprint density at radius 2 is 2.04 bits per heavy atom. The van der Waals surface area contributed by atoms with Crippen molar-refractivity contribution in [1.29, 1.82) is 0 Å². The maximum atomic E-state index is 11.8. The summed E-state index contributed by atoms with van der Waals surface area (Å²) in [7, 11) is 1.70. The molecule has 2 heterocycles. The molecule has 1 aliphatic rings. The fraction of sp³-hybridized carbons (Fsp3) is 0.688. The van der Waals surface area contributed by atoms with Crippen LogP contribution in [0.2, 0.25) is 0 Å². The first-order chi connectivity index (χ1) is 11.6. The van der Waals surface area contributed by atoms with E-state index < -0.39 is 0 Å². The van der Waals surface area contributed by atoms with Gasteiger partial charge in [0.15, 0.2) is 0 Å². The van der Waals surface area contributed by atoms with Crippen LogP contribution >= 0.6 is 0 Å². The van der Waals surface area contributed by atoms with Crippen LogP contribution in [0, 0.1) is 6.92 Å². The van der Waals surface area contributed by atoms with Crippen molar-refractivity contribution in [3.8, 4) is 0 Å². The highest BCUT2D eigenvalue weighted by molar-refractivity contribution is 5.68. The molecule has 1 aromatic rings. The van der Waals surface area contributed by atoms with Crippen LogP contribution in [0.25, 0.3) is 0 Å². The van der Waals surface area contributed by atoms with Crippen LogP contribution in [0.4, 0.5) is 16.6 Å². The summed E-state index contributed by atoms with van der Waals surface area (Å²) in [4.78, 5) is 24.7. The molecule has 24 heavy (non-hydrogen) atoms. The van der Waals surface area contributed by atoms with Crippen molar-refractivity contribution in [2.24, 2.45) is 0 Å². The molecule has 0 spiro atoms. The number of nitrogens with one attached hydrogen (secondary N) is 1. The monoisotopic (exact) mass is 337 g/mol. The Bertz CT molecular complexity index is 532. The molecule has 134 valence electrons. The predicted octanol–water partition coefficient (Wildman–Crippen LogP) is 1.51. The number of piperazine rings is 1. The van der Waals surface area contributed by atoms with Crippen LogP contribution in [-0.4, -0.2) is 74.0 Å². The van der Waals surface area contributed by atoms with Gasteiger partial charge >= 0.3 is 6.09 Å². The zero-order chi connectivity index (χ0) is 17.4. The number of aromatic nitrogens is 2. The third kappa shape index (κ3) is 5.23.